The molecule has 9 heteroatoms. The van der Waals surface area contributed by atoms with Crippen molar-refractivity contribution in [1.29, 1.82) is 0 Å². The summed E-state index contributed by atoms with van der Waals surface area (Å²) in [5, 5.41) is 5.59. The number of hydrogen-bond donors (Lipinski definition) is 2. The molecule has 2 aliphatic rings. The summed E-state index contributed by atoms with van der Waals surface area (Å²) in [5.74, 6) is -2.09. The van der Waals surface area contributed by atoms with Crippen LogP contribution in [0.5, 0.6) is 0 Å². The lowest BCUT2D eigenvalue weighted by Crippen LogP contribution is -2.49. The van der Waals surface area contributed by atoms with Gasteiger partial charge in [-0.1, -0.05) is 32.1 Å². The Bertz CT molecular complexity index is 821. The molecule has 176 valence electrons. The third-order valence-electron chi connectivity index (χ3n) is 6.07. The van der Waals surface area contributed by atoms with E-state index in [1.54, 1.807) is 4.90 Å². The van der Waals surface area contributed by atoms with E-state index >= 15 is 0 Å². The summed E-state index contributed by atoms with van der Waals surface area (Å²) in [4.78, 5) is 39.2. The maximum Gasteiger partial charge on any atom is 0.239 e. The van der Waals surface area contributed by atoms with Gasteiger partial charge < -0.3 is 15.5 Å². The molecule has 32 heavy (non-hydrogen) atoms. The van der Waals surface area contributed by atoms with E-state index in [4.69, 9.17) is 0 Å². The summed E-state index contributed by atoms with van der Waals surface area (Å²) in [6, 6.07) is 5.40. The van der Waals surface area contributed by atoms with E-state index < -0.39 is 22.5 Å². The Labute approximate surface area is 191 Å². The van der Waals surface area contributed by atoms with Gasteiger partial charge in [0.05, 0.1) is 6.54 Å². The van der Waals surface area contributed by atoms with Crippen LogP contribution in [0, 0.1) is 5.82 Å². The lowest BCUT2D eigenvalue weighted by Gasteiger charge is -2.30. The van der Waals surface area contributed by atoms with Crippen molar-refractivity contribution >= 4 is 34.2 Å². The summed E-state index contributed by atoms with van der Waals surface area (Å²) in [6.45, 7) is -0.0288. The number of nitrogens with zero attached hydrogens (tertiary/aromatic N) is 1. The van der Waals surface area contributed by atoms with E-state index in [1.807, 2.05) is 0 Å². The molecule has 2 N–H and O–H groups in total. The second-order valence-corrected chi connectivity index (χ2v) is 10.1. The summed E-state index contributed by atoms with van der Waals surface area (Å²) >= 11 is 0. The minimum Gasteiger partial charge on any atom is -0.352 e. The van der Waals surface area contributed by atoms with Crippen LogP contribution >= 0.6 is 0 Å². The Hall–Kier alpha value is -2.29. The van der Waals surface area contributed by atoms with E-state index in [0.717, 1.165) is 51.4 Å². The molecule has 2 saturated carbocycles. The summed E-state index contributed by atoms with van der Waals surface area (Å²) in [5.41, 5.74) is 0.395. The number of hydrogen-bond acceptors (Lipinski definition) is 4. The molecule has 0 aliphatic heterocycles. The average Bonchev–Trinajstić information content (AvgIpc) is 3.28. The summed E-state index contributed by atoms with van der Waals surface area (Å²) in [7, 11) is -1.71. The molecule has 1 aromatic carbocycles. The number of nitrogens with one attached hydrogen (secondary N) is 2. The largest absolute Gasteiger partial charge is 0.352 e. The molecule has 0 radical (unpaired) electrons. The fourth-order valence-corrected chi connectivity index (χ4v) is 5.37. The molecule has 0 bridgehead atoms. The number of halogens is 1. The van der Waals surface area contributed by atoms with Crippen molar-refractivity contribution in [3.63, 3.8) is 0 Å². The van der Waals surface area contributed by atoms with Crippen molar-refractivity contribution in [1.82, 2.24) is 10.2 Å². The molecule has 7 nitrogen and oxygen atoms in total. The molecule has 1 aromatic rings. The molecular weight excluding hydrogens is 433 g/mol. The summed E-state index contributed by atoms with van der Waals surface area (Å²) < 4.78 is 25.4. The predicted octanol–water partition coefficient (Wildman–Crippen LogP) is 2.73. The molecule has 1 atom stereocenters. The number of rotatable bonds is 9. The second kappa shape index (κ2) is 12.1. The lowest BCUT2D eigenvalue weighted by atomic mass is 9.95. The topological polar surface area (TPSA) is 95.6 Å². The molecule has 0 heterocycles. The van der Waals surface area contributed by atoms with Gasteiger partial charge in [-0.05, 0) is 49.9 Å². The third-order valence-corrected chi connectivity index (χ3v) is 7.23. The van der Waals surface area contributed by atoms with Gasteiger partial charge in [-0.3, -0.25) is 18.6 Å². The first-order valence-electron chi connectivity index (χ1n) is 11.4. The minimum absolute atomic E-state index is 0.0235. The van der Waals surface area contributed by atoms with Gasteiger partial charge in [0, 0.05) is 28.6 Å². The maximum absolute atomic E-state index is 13.0. The fraction of sp³-hybridized carbons (Fsp3) is 0.609. The Morgan fingerprint density at radius 3 is 2.19 bits per heavy atom. The smallest absolute Gasteiger partial charge is 0.239 e. The summed E-state index contributed by atoms with van der Waals surface area (Å²) in [6.07, 6.45) is 9.01. The van der Waals surface area contributed by atoms with Crippen LogP contribution in [0.1, 0.15) is 57.8 Å². The second-order valence-electron chi connectivity index (χ2n) is 8.65. The average molecular weight is 466 g/mol. The van der Waals surface area contributed by atoms with Crippen LogP contribution in [0.15, 0.2) is 24.3 Å². The van der Waals surface area contributed by atoms with Gasteiger partial charge in [0.15, 0.2) is 0 Å². The Morgan fingerprint density at radius 2 is 1.53 bits per heavy atom. The van der Waals surface area contributed by atoms with Crippen LogP contribution in [0.2, 0.25) is 0 Å². The van der Waals surface area contributed by atoms with Gasteiger partial charge in [-0.25, -0.2) is 4.39 Å². The van der Waals surface area contributed by atoms with Gasteiger partial charge >= 0.3 is 0 Å². The number of carbonyl (C=O) groups is 3. The van der Waals surface area contributed by atoms with E-state index in [-0.39, 0.29) is 41.9 Å². The van der Waals surface area contributed by atoms with Gasteiger partial charge in [0.2, 0.25) is 17.7 Å². The number of benzene rings is 1. The molecule has 3 rings (SSSR count). The van der Waals surface area contributed by atoms with E-state index in [0.29, 0.717) is 5.69 Å². The first-order chi connectivity index (χ1) is 15.4. The van der Waals surface area contributed by atoms with Crippen molar-refractivity contribution < 1.29 is 23.0 Å². The molecule has 2 fully saturated rings. The van der Waals surface area contributed by atoms with Crippen LogP contribution in [0.3, 0.4) is 0 Å². The minimum atomic E-state index is -1.71. The maximum atomic E-state index is 13.0. The van der Waals surface area contributed by atoms with Gasteiger partial charge in [0.25, 0.3) is 0 Å². The molecule has 3 amide bonds. The van der Waals surface area contributed by atoms with Crippen LogP contribution < -0.4 is 10.6 Å². The van der Waals surface area contributed by atoms with Gasteiger partial charge in [-0.2, -0.15) is 0 Å². The standard InChI is InChI=1S/C23H32FN3O4S/c24-17-10-12-19(13-11-17)26-22(29)15-32(31)16-23(30)27(20-8-4-5-9-20)14-21(28)25-18-6-2-1-3-7-18/h10-13,18,20H,1-9,14-16H2,(H,25,28)(H,26,29). The quantitative estimate of drug-likeness (QED) is 0.586. The van der Waals surface area contributed by atoms with Crippen LogP contribution in [0.25, 0.3) is 0 Å². The zero-order chi connectivity index (χ0) is 22.9. The number of amides is 3. The van der Waals surface area contributed by atoms with Gasteiger partial charge in [0.1, 0.15) is 17.3 Å². The van der Waals surface area contributed by atoms with E-state index in [9.17, 15) is 23.0 Å². The zero-order valence-corrected chi connectivity index (χ0v) is 19.1. The molecule has 2 aliphatic carbocycles. The number of anilines is 1. The van der Waals surface area contributed by atoms with Crippen LogP contribution in [-0.2, 0) is 25.2 Å². The highest BCUT2D eigenvalue weighted by Gasteiger charge is 2.30. The van der Waals surface area contributed by atoms with Crippen molar-refractivity contribution in [2.45, 2.75) is 69.9 Å². The highest BCUT2D eigenvalue weighted by atomic mass is 32.2. The molecule has 0 saturated heterocycles. The van der Waals surface area contributed by atoms with E-state index in [1.165, 1.54) is 30.7 Å². The Kier molecular flexibility index (Phi) is 9.20. The molecule has 1 unspecified atom stereocenters. The van der Waals surface area contributed by atoms with E-state index in [2.05, 4.69) is 10.6 Å². The van der Waals surface area contributed by atoms with Crippen LogP contribution in [0.4, 0.5) is 10.1 Å². The van der Waals surface area contributed by atoms with Crippen LogP contribution in [-0.4, -0.2) is 57.0 Å². The lowest BCUT2D eigenvalue weighted by molar-refractivity contribution is -0.136. The molecular formula is C23H32FN3O4S. The monoisotopic (exact) mass is 465 g/mol. The third kappa shape index (κ3) is 7.69. The molecule has 0 aromatic heterocycles. The Balaban J connectivity index is 1.51. The first-order valence-corrected chi connectivity index (χ1v) is 12.9. The van der Waals surface area contributed by atoms with Gasteiger partial charge in [-0.15, -0.1) is 0 Å². The van der Waals surface area contributed by atoms with Crippen molar-refractivity contribution in [2.75, 3.05) is 23.4 Å². The molecule has 0 spiro atoms. The van der Waals surface area contributed by atoms with Crippen molar-refractivity contribution in [3.05, 3.63) is 30.1 Å². The highest BCUT2D eigenvalue weighted by Crippen LogP contribution is 2.24. The highest BCUT2D eigenvalue weighted by molar-refractivity contribution is 7.86. The number of carbonyl (C=O) groups excluding carboxylic acids is 3. The normalized spacial score (nSPS) is 18.2. The predicted molar refractivity (Wildman–Crippen MR) is 122 cm³/mol. The SMILES string of the molecule is O=C(CS(=O)CC(=O)N(CC(=O)NC1CCCCC1)C1CCCC1)Nc1ccc(F)cc1. The fourth-order valence-electron chi connectivity index (χ4n) is 4.46. The van der Waals surface area contributed by atoms with Crippen molar-refractivity contribution in [2.24, 2.45) is 0 Å². The zero-order valence-electron chi connectivity index (χ0n) is 18.3. The Morgan fingerprint density at radius 1 is 0.906 bits per heavy atom. The van der Waals surface area contributed by atoms with Crippen molar-refractivity contribution in [3.8, 4) is 0 Å². The first kappa shape index (κ1) is 24.4.